The van der Waals surface area contributed by atoms with E-state index in [9.17, 15) is 9.59 Å². The first-order chi connectivity index (χ1) is 11.1. The Balaban J connectivity index is 1.65. The Morgan fingerprint density at radius 2 is 2.00 bits per heavy atom. The normalized spacial score (nSPS) is 15.5. The van der Waals surface area contributed by atoms with Gasteiger partial charge in [-0.2, -0.15) is 0 Å². The quantitative estimate of drug-likeness (QED) is 0.927. The van der Waals surface area contributed by atoms with E-state index in [1.54, 1.807) is 0 Å². The van der Waals surface area contributed by atoms with Gasteiger partial charge in [-0.25, -0.2) is 0 Å². The predicted octanol–water partition coefficient (Wildman–Crippen LogP) is 3.08. The molecule has 0 aromatic heterocycles. The second-order valence-electron chi connectivity index (χ2n) is 6.29. The van der Waals surface area contributed by atoms with E-state index in [-0.39, 0.29) is 11.8 Å². The van der Waals surface area contributed by atoms with E-state index in [0.717, 1.165) is 41.9 Å². The van der Waals surface area contributed by atoms with E-state index in [4.69, 9.17) is 0 Å². The molecule has 0 atom stereocenters. The standard InChI is InChI=1S/C19H18N2O2/c1-12-4-2-5-14(8-12)19(23)20-16-9-13-6-3-7-21-17(22)11-15(10-16)18(13)21/h2,4-5,8-10H,3,6-7,11H2,1H3,(H,20,23). The molecule has 0 fully saturated rings. The van der Waals surface area contributed by atoms with Crippen molar-refractivity contribution in [2.75, 3.05) is 16.8 Å². The summed E-state index contributed by atoms with van der Waals surface area (Å²) in [4.78, 5) is 26.4. The number of amides is 2. The van der Waals surface area contributed by atoms with Gasteiger partial charge in [-0.3, -0.25) is 9.59 Å². The molecule has 116 valence electrons. The fourth-order valence-electron chi connectivity index (χ4n) is 3.54. The summed E-state index contributed by atoms with van der Waals surface area (Å²) in [5.74, 6) is 0.0564. The number of rotatable bonds is 2. The molecular formula is C19H18N2O2. The van der Waals surface area contributed by atoms with Gasteiger partial charge in [-0.1, -0.05) is 17.7 Å². The SMILES string of the molecule is Cc1cccc(C(=O)Nc2cc3c4c(c2)CC(=O)N4CCC3)c1. The summed E-state index contributed by atoms with van der Waals surface area (Å²) in [6, 6.07) is 11.5. The minimum absolute atomic E-state index is 0.113. The minimum Gasteiger partial charge on any atom is -0.322 e. The zero-order valence-electron chi connectivity index (χ0n) is 13.1. The second kappa shape index (κ2) is 5.23. The molecule has 4 rings (SSSR count). The van der Waals surface area contributed by atoms with Gasteiger partial charge in [0.1, 0.15) is 0 Å². The third kappa shape index (κ3) is 2.40. The zero-order chi connectivity index (χ0) is 16.0. The highest BCUT2D eigenvalue weighted by Crippen LogP contribution is 2.38. The monoisotopic (exact) mass is 306 g/mol. The zero-order valence-corrected chi connectivity index (χ0v) is 13.1. The van der Waals surface area contributed by atoms with Crippen molar-refractivity contribution >= 4 is 23.2 Å². The number of aryl methyl sites for hydroxylation is 2. The first kappa shape index (κ1) is 14.0. The Bertz CT molecular complexity index is 826. The molecule has 0 unspecified atom stereocenters. The van der Waals surface area contributed by atoms with Crippen LogP contribution in [0.25, 0.3) is 0 Å². The highest BCUT2D eigenvalue weighted by molar-refractivity contribution is 6.06. The average Bonchev–Trinajstić information content (AvgIpc) is 2.85. The summed E-state index contributed by atoms with van der Waals surface area (Å²) in [6.45, 7) is 2.78. The molecule has 0 aliphatic carbocycles. The van der Waals surface area contributed by atoms with E-state index in [1.807, 2.05) is 48.2 Å². The summed E-state index contributed by atoms with van der Waals surface area (Å²) in [6.07, 6.45) is 2.38. The lowest BCUT2D eigenvalue weighted by molar-refractivity contribution is -0.117. The van der Waals surface area contributed by atoms with E-state index < -0.39 is 0 Å². The van der Waals surface area contributed by atoms with Crippen molar-refractivity contribution in [1.29, 1.82) is 0 Å². The Kier molecular flexibility index (Phi) is 3.18. The third-order valence-corrected chi connectivity index (χ3v) is 4.55. The lowest BCUT2D eigenvalue weighted by Gasteiger charge is -2.26. The molecule has 2 heterocycles. The van der Waals surface area contributed by atoms with Gasteiger partial charge in [0, 0.05) is 17.8 Å². The molecule has 0 spiro atoms. The molecule has 2 aliphatic rings. The minimum atomic E-state index is -0.113. The Morgan fingerprint density at radius 1 is 1.17 bits per heavy atom. The molecule has 0 radical (unpaired) electrons. The maximum atomic E-state index is 12.4. The number of benzene rings is 2. The number of nitrogens with zero attached hydrogens (tertiary/aromatic N) is 1. The molecule has 0 saturated heterocycles. The van der Waals surface area contributed by atoms with Crippen LogP contribution >= 0.6 is 0 Å². The smallest absolute Gasteiger partial charge is 0.255 e. The lowest BCUT2D eigenvalue weighted by atomic mass is 9.99. The summed E-state index contributed by atoms with van der Waals surface area (Å²) in [7, 11) is 0. The number of hydrogen-bond donors (Lipinski definition) is 1. The van der Waals surface area contributed by atoms with Crippen LogP contribution in [0.15, 0.2) is 36.4 Å². The molecular weight excluding hydrogens is 288 g/mol. The molecule has 4 heteroatoms. The van der Waals surface area contributed by atoms with Crippen LogP contribution in [0.2, 0.25) is 0 Å². The molecule has 1 N–H and O–H groups in total. The highest BCUT2D eigenvalue weighted by atomic mass is 16.2. The molecule has 4 nitrogen and oxygen atoms in total. The molecule has 23 heavy (non-hydrogen) atoms. The fourth-order valence-corrected chi connectivity index (χ4v) is 3.54. The van der Waals surface area contributed by atoms with Crippen molar-refractivity contribution in [2.24, 2.45) is 0 Å². The van der Waals surface area contributed by atoms with Gasteiger partial charge in [-0.15, -0.1) is 0 Å². The van der Waals surface area contributed by atoms with Crippen LogP contribution in [0.3, 0.4) is 0 Å². The van der Waals surface area contributed by atoms with Crippen LogP contribution in [-0.4, -0.2) is 18.4 Å². The summed E-state index contributed by atoms with van der Waals surface area (Å²) in [5.41, 5.74) is 5.77. The van der Waals surface area contributed by atoms with Gasteiger partial charge in [-0.05, 0) is 55.2 Å². The maximum Gasteiger partial charge on any atom is 0.255 e. The van der Waals surface area contributed by atoms with Gasteiger partial charge in [0.2, 0.25) is 5.91 Å². The molecule has 2 aliphatic heterocycles. The number of carbonyl (C=O) groups is 2. The predicted molar refractivity (Wildman–Crippen MR) is 90.0 cm³/mol. The Labute approximate surface area is 135 Å². The molecule has 0 bridgehead atoms. The van der Waals surface area contributed by atoms with E-state index in [0.29, 0.717) is 12.0 Å². The molecule has 2 aromatic rings. The fraction of sp³-hybridized carbons (Fsp3) is 0.263. The van der Waals surface area contributed by atoms with Crippen molar-refractivity contribution in [2.45, 2.75) is 26.2 Å². The van der Waals surface area contributed by atoms with Crippen molar-refractivity contribution in [3.8, 4) is 0 Å². The first-order valence-electron chi connectivity index (χ1n) is 7.96. The summed E-state index contributed by atoms with van der Waals surface area (Å²) < 4.78 is 0. The highest BCUT2D eigenvalue weighted by Gasteiger charge is 2.32. The van der Waals surface area contributed by atoms with Gasteiger partial charge in [0.25, 0.3) is 5.91 Å². The van der Waals surface area contributed by atoms with Crippen molar-refractivity contribution in [3.05, 3.63) is 58.7 Å². The summed E-state index contributed by atoms with van der Waals surface area (Å²) in [5, 5.41) is 2.97. The van der Waals surface area contributed by atoms with Gasteiger partial charge < -0.3 is 10.2 Å². The van der Waals surface area contributed by atoms with Gasteiger partial charge in [0.05, 0.1) is 12.1 Å². The van der Waals surface area contributed by atoms with Crippen molar-refractivity contribution in [1.82, 2.24) is 0 Å². The summed E-state index contributed by atoms with van der Waals surface area (Å²) >= 11 is 0. The molecule has 2 amide bonds. The largest absolute Gasteiger partial charge is 0.322 e. The third-order valence-electron chi connectivity index (χ3n) is 4.55. The Morgan fingerprint density at radius 3 is 2.83 bits per heavy atom. The number of nitrogens with one attached hydrogen (secondary N) is 1. The van der Waals surface area contributed by atoms with Gasteiger partial charge in [0.15, 0.2) is 0 Å². The van der Waals surface area contributed by atoms with Crippen LogP contribution in [0.5, 0.6) is 0 Å². The lowest BCUT2D eigenvalue weighted by Crippen LogP contribution is -2.31. The number of hydrogen-bond acceptors (Lipinski definition) is 2. The molecule has 0 saturated carbocycles. The first-order valence-corrected chi connectivity index (χ1v) is 7.96. The topological polar surface area (TPSA) is 49.4 Å². The van der Waals surface area contributed by atoms with Gasteiger partial charge >= 0.3 is 0 Å². The number of anilines is 2. The molecule has 2 aromatic carbocycles. The van der Waals surface area contributed by atoms with Crippen LogP contribution in [0.4, 0.5) is 11.4 Å². The number of carbonyl (C=O) groups excluding carboxylic acids is 2. The van der Waals surface area contributed by atoms with Crippen LogP contribution in [-0.2, 0) is 17.6 Å². The van der Waals surface area contributed by atoms with E-state index in [2.05, 4.69) is 5.32 Å². The van der Waals surface area contributed by atoms with Crippen LogP contribution in [0.1, 0.15) is 33.5 Å². The van der Waals surface area contributed by atoms with Crippen molar-refractivity contribution < 1.29 is 9.59 Å². The van der Waals surface area contributed by atoms with E-state index >= 15 is 0 Å². The van der Waals surface area contributed by atoms with E-state index in [1.165, 1.54) is 5.56 Å². The van der Waals surface area contributed by atoms with Crippen molar-refractivity contribution in [3.63, 3.8) is 0 Å². The van der Waals surface area contributed by atoms with Crippen LogP contribution in [0, 0.1) is 6.92 Å². The average molecular weight is 306 g/mol. The maximum absolute atomic E-state index is 12.4. The Hall–Kier alpha value is -2.62. The second-order valence-corrected chi connectivity index (χ2v) is 6.29. The van der Waals surface area contributed by atoms with Crippen LogP contribution < -0.4 is 10.2 Å².